The number of ether oxygens (including phenoxy) is 1. The Morgan fingerprint density at radius 3 is 2.62 bits per heavy atom. The molecule has 1 fully saturated rings. The van der Waals surface area contributed by atoms with Crippen LogP contribution in [-0.4, -0.2) is 49.5 Å². The summed E-state index contributed by atoms with van der Waals surface area (Å²) in [5.74, 6) is 1.06. The SMILES string of the molecule is COc1ccc2c(c1)[C@]1(CC1c1ccc3c(/C=C/c4csc(CN(C)C)c4)c[nH]c3c1)C(=O)N2.O=CC(F)(F)F. The first-order valence-corrected chi connectivity index (χ1v) is 13.5. The van der Waals surface area contributed by atoms with E-state index in [9.17, 15) is 18.0 Å². The molecule has 1 unspecified atom stereocenters. The van der Waals surface area contributed by atoms with Crippen LogP contribution in [0.1, 0.15) is 39.5 Å². The first kappa shape index (κ1) is 27.7. The minimum absolute atomic E-state index is 0.0976. The number of aromatic amines is 1. The van der Waals surface area contributed by atoms with E-state index in [2.05, 4.69) is 77.3 Å². The van der Waals surface area contributed by atoms with Crippen molar-refractivity contribution >= 4 is 52.3 Å². The molecule has 3 heterocycles. The molecule has 1 amide bonds. The second kappa shape index (κ2) is 10.6. The van der Waals surface area contributed by atoms with Crippen LogP contribution in [0, 0.1) is 0 Å². The van der Waals surface area contributed by atoms with Gasteiger partial charge in [0, 0.05) is 40.1 Å². The lowest BCUT2D eigenvalue weighted by molar-refractivity contribution is -0.156. The minimum Gasteiger partial charge on any atom is -0.497 e. The Labute approximate surface area is 233 Å². The van der Waals surface area contributed by atoms with E-state index in [1.165, 1.54) is 27.0 Å². The Balaban J connectivity index is 0.000000487. The number of hydrogen-bond donors (Lipinski definition) is 2. The van der Waals surface area contributed by atoms with Crippen LogP contribution in [0.3, 0.4) is 0 Å². The quantitative estimate of drug-likeness (QED) is 0.258. The summed E-state index contributed by atoms with van der Waals surface area (Å²) in [7, 11) is 5.84. The summed E-state index contributed by atoms with van der Waals surface area (Å²) in [5.41, 5.74) is 6.18. The van der Waals surface area contributed by atoms with E-state index in [4.69, 9.17) is 9.53 Å². The zero-order chi connectivity index (χ0) is 28.7. The molecule has 0 saturated heterocycles. The van der Waals surface area contributed by atoms with Crippen molar-refractivity contribution in [2.45, 2.75) is 30.5 Å². The van der Waals surface area contributed by atoms with Gasteiger partial charge >= 0.3 is 6.18 Å². The lowest BCUT2D eigenvalue weighted by Gasteiger charge is -2.10. The van der Waals surface area contributed by atoms with Gasteiger partial charge in [0.15, 0.2) is 0 Å². The summed E-state index contributed by atoms with van der Waals surface area (Å²) < 4.78 is 36.7. The van der Waals surface area contributed by atoms with Crippen molar-refractivity contribution in [3.63, 3.8) is 0 Å². The molecule has 208 valence electrons. The van der Waals surface area contributed by atoms with Gasteiger partial charge in [0.05, 0.1) is 12.5 Å². The van der Waals surface area contributed by atoms with E-state index in [0.29, 0.717) is 0 Å². The average Bonchev–Trinajstić information content (AvgIpc) is 3.15. The molecule has 2 N–H and O–H groups in total. The Kier molecular flexibility index (Phi) is 7.32. The predicted molar refractivity (Wildman–Crippen MR) is 152 cm³/mol. The predicted octanol–water partition coefficient (Wildman–Crippen LogP) is 6.60. The smallest absolute Gasteiger partial charge is 0.446 e. The van der Waals surface area contributed by atoms with Crippen LogP contribution in [0.4, 0.5) is 18.9 Å². The van der Waals surface area contributed by atoms with Gasteiger partial charge in [-0.15, -0.1) is 11.3 Å². The third-order valence-electron chi connectivity index (χ3n) is 7.20. The fraction of sp³-hybridized carbons (Fsp3) is 0.267. The summed E-state index contributed by atoms with van der Waals surface area (Å²) >= 11 is 1.80. The van der Waals surface area contributed by atoms with Gasteiger partial charge in [0.2, 0.25) is 12.2 Å². The van der Waals surface area contributed by atoms with E-state index in [1.807, 2.05) is 18.2 Å². The normalized spacial score (nSPS) is 19.6. The highest BCUT2D eigenvalue weighted by molar-refractivity contribution is 7.10. The Hall–Kier alpha value is -3.89. The molecular weight excluding hydrogens is 539 g/mol. The van der Waals surface area contributed by atoms with Crippen LogP contribution in [0.15, 0.2) is 54.0 Å². The third kappa shape index (κ3) is 5.41. The van der Waals surface area contributed by atoms with E-state index in [0.717, 1.165) is 35.5 Å². The zero-order valence-electron chi connectivity index (χ0n) is 22.1. The van der Waals surface area contributed by atoms with E-state index >= 15 is 0 Å². The number of amides is 1. The molecule has 6 rings (SSSR count). The van der Waals surface area contributed by atoms with Gasteiger partial charge < -0.3 is 19.9 Å². The first-order valence-electron chi connectivity index (χ1n) is 12.6. The molecule has 1 spiro atoms. The molecule has 1 saturated carbocycles. The van der Waals surface area contributed by atoms with Crippen molar-refractivity contribution in [2.75, 3.05) is 26.5 Å². The number of thiophene rings is 1. The van der Waals surface area contributed by atoms with Crippen LogP contribution >= 0.6 is 11.3 Å². The fourth-order valence-corrected chi connectivity index (χ4v) is 6.26. The summed E-state index contributed by atoms with van der Waals surface area (Å²) in [6.45, 7) is 0.965. The number of nitrogens with zero attached hydrogens (tertiary/aromatic N) is 1. The molecule has 40 heavy (non-hydrogen) atoms. The average molecular weight is 568 g/mol. The number of aldehydes is 1. The van der Waals surface area contributed by atoms with Crippen molar-refractivity contribution < 1.29 is 27.5 Å². The largest absolute Gasteiger partial charge is 0.497 e. The number of fused-ring (bicyclic) bond motifs is 3. The molecule has 1 aliphatic heterocycles. The van der Waals surface area contributed by atoms with Gasteiger partial charge in [-0.1, -0.05) is 24.3 Å². The monoisotopic (exact) mass is 567 g/mol. The Morgan fingerprint density at radius 1 is 1.15 bits per heavy atom. The van der Waals surface area contributed by atoms with Gasteiger partial charge in [0.1, 0.15) is 5.75 Å². The number of carbonyl (C=O) groups excluding carboxylic acids is 2. The lowest BCUT2D eigenvalue weighted by atomic mass is 9.91. The highest BCUT2D eigenvalue weighted by Gasteiger charge is 2.65. The fourth-order valence-electron chi connectivity index (χ4n) is 5.29. The van der Waals surface area contributed by atoms with Crippen LogP contribution in [0.2, 0.25) is 0 Å². The van der Waals surface area contributed by atoms with E-state index in [-0.39, 0.29) is 11.8 Å². The highest BCUT2D eigenvalue weighted by atomic mass is 32.1. The van der Waals surface area contributed by atoms with Gasteiger partial charge in [-0.3, -0.25) is 9.59 Å². The molecule has 2 atom stereocenters. The number of aromatic nitrogens is 1. The van der Waals surface area contributed by atoms with Gasteiger partial charge in [-0.2, -0.15) is 13.2 Å². The number of halogens is 3. The van der Waals surface area contributed by atoms with E-state index in [1.54, 1.807) is 18.4 Å². The van der Waals surface area contributed by atoms with Crippen LogP contribution in [-0.2, 0) is 21.5 Å². The number of methoxy groups -OCH3 is 1. The number of rotatable bonds is 6. The van der Waals surface area contributed by atoms with Crippen LogP contribution in [0.25, 0.3) is 23.1 Å². The van der Waals surface area contributed by atoms with Crippen LogP contribution in [0.5, 0.6) is 5.75 Å². The van der Waals surface area contributed by atoms with Crippen molar-refractivity contribution in [3.8, 4) is 5.75 Å². The van der Waals surface area contributed by atoms with Gasteiger partial charge in [-0.05, 0) is 78.5 Å². The molecule has 0 radical (unpaired) electrons. The lowest BCUT2D eigenvalue weighted by Crippen LogP contribution is -2.21. The maximum absolute atomic E-state index is 13.0. The molecule has 2 aliphatic rings. The minimum atomic E-state index is -4.64. The van der Waals surface area contributed by atoms with Crippen LogP contribution < -0.4 is 10.1 Å². The van der Waals surface area contributed by atoms with Crippen molar-refractivity contribution in [2.24, 2.45) is 0 Å². The first-order chi connectivity index (χ1) is 19.0. The van der Waals surface area contributed by atoms with E-state index < -0.39 is 17.9 Å². The standard InChI is InChI=1S/C28H27N3O2S.C2HF3O/c1-31(2)15-21-10-17(16-34-21)4-5-19-14-29-26-11-18(6-8-22(19)26)24-13-28(24)23-12-20(33-3)7-9-25(23)30-27(28)32;3-2(4,5)1-6/h4-12,14,16,24,29H,13,15H2,1-3H3,(H,30,32);1H/b5-4+;/t24?,28-;/m0./s1. The maximum atomic E-state index is 13.0. The number of alkyl halides is 3. The van der Waals surface area contributed by atoms with Crippen molar-refractivity contribution in [1.29, 1.82) is 0 Å². The van der Waals surface area contributed by atoms with Crippen molar-refractivity contribution in [3.05, 3.63) is 81.2 Å². The number of nitrogens with one attached hydrogen (secondary N) is 2. The Morgan fingerprint density at radius 2 is 1.93 bits per heavy atom. The third-order valence-corrected chi connectivity index (χ3v) is 8.14. The molecule has 0 bridgehead atoms. The molecular formula is C30H28F3N3O3S. The summed E-state index contributed by atoms with van der Waals surface area (Å²) in [5, 5.41) is 6.47. The molecule has 2 aromatic heterocycles. The maximum Gasteiger partial charge on any atom is 0.446 e. The number of anilines is 1. The summed E-state index contributed by atoms with van der Waals surface area (Å²) in [4.78, 5) is 28.7. The van der Waals surface area contributed by atoms with Gasteiger partial charge in [-0.25, -0.2) is 0 Å². The number of hydrogen-bond acceptors (Lipinski definition) is 5. The summed E-state index contributed by atoms with van der Waals surface area (Å²) in [6, 6.07) is 14.7. The number of benzene rings is 2. The zero-order valence-corrected chi connectivity index (χ0v) is 23.0. The molecule has 6 nitrogen and oxygen atoms in total. The highest BCUT2D eigenvalue weighted by Crippen LogP contribution is 2.65. The number of carbonyl (C=O) groups is 2. The Bertz CT molecular complexity index is 1600. The van der Waals surface area contributed by atoms with Gasteiger partial charge in [0.25, 0.3) is 0 Å². The van der Waals surface area contributed by atoms with Crippen molar-refractivity contribution in [1.82, 2.24) is 9.88 Å². The molecule has 4 aromatic rings. The molecule has 1 aliphatic carbocycles. The number of H-pyrrole nitrogens is 1. The molecule has 2 aromatic carbocycles. The summed E-state index contributed by atoms with van der Waals surface area (Å²) in [6.07, 6.45) is 1.53. The topological polar surface area (TPSA) is 74.4 Å². The molecule has 10 heteroatoms. The second-order valence-corrected chi connectivity index (χ2v) is 11.2. The second-order valence-electron chi connectivity index (χ2n) is 10.2.